The topological polar surface area (TPSA) is 28.7 Å². The highest BCUT2D eigenvalue weighted by atomic mass is 15.1. The third-order valence-electron chi connectivity index (χ3n) is 2.98. The second-order valence-corrected chi connectivity index (χ2v) is 3.45. The third-order valence-corrected chi connectivity index (χ3v) is 2.98. The number of nitrogens with zero attached hydrogens (tertiary/aromatic N) is 1. The standard InChI is InChI=1S/C8H10N2/c1-2-6-3-5(1)7-4-9-10-8(6)7/h4-6H,1-3H2,(H,9,10)/t5-,6-/m0/s1. The van der Waals surface area contributed by atoms with Gasteiger partial charge in [0.2, 0.25) is 0 Å². The highest BCUT2D eigenvalue weighted by molar-refractivity contribution is 5.34. The van der Waals surface area contributed by atoms with Crippen LogP contribution in [0.5, 0.6) is 0 Å². The molecule has 1 N–H and O–H groups in total. The fraction of sp³-hybridized carbons (Fsp3) is 0.625. The molecule has 0 saturated heterocycles. The number of aromatic nitrogens is 2. The van der Waals surface area contributed by atoms with E-state index in [0.717, 1.165) is 11.8 Å². The van der Waals surface area contributed by atoms with Gasteiger partial charge in [-0.1, -0.05) is 0 Å². The van der Waals surface area contributed by atoms with Crippen LogP contribution < -0.4 is 0 Å². The first-order valence-electron chi connectivity index (χ1n) is 3.98. The van der Waals surface area contributed by atoms with Crippen molar-refractivity contribution in [2.24, 2.45) is 0 Å². The van der Waals surface area contributed by atoms with Crippen LogP contribution in [0.2, 0.25) is 0 Å². The number of rotatable bonds is 0. The molecular formula is C8H10N2. The van der Waals surface area contributed by atoms with Crippen molar-refractivity contribution < 1.29 is 0 Å². The van der Waals surface area contributed by atoms with Gasteiger partial charge in [-0.15, -0.1) is 0 Å². The smallest absolute Gasteiger partial charge is 0.0525 e. The molecular weight excluding hydrogens is 124 g/mol. The predicted molar refractivity (Wildman–Crippen MR) is 37.9 cm³/mol. The Kier molecular flexibility index (Phi) is 0.712. The molecule has 0 spiro atoms. The second-order valence-electron chi connectivity index (χ2n) is 3.45. The molecule has 3 rings (SSSR count). The maximum Gasteiger partial charge on any atom is 0.0525 e. The predicted octanol–water partition coefficient (Wildman–Crippen LogP) is 1.77. The van der Waals surface area contributed by atoms with E-state index in [1.54, 1.807) is 0 Å². The molecule has 0 unspecified atom stereocenters. The summed E-state index contributed by atoms with van der Waals surface area (Å²) in [5.41, 5.74) is 2.95. The molecule has 10 heavy (non-hydrogen) atoms. The fourth-order valence-electron chi connectivity index (χ4n) is 2.48. The Bertz CT molecular complexity index is 239. The molecule has 0 aromatic carbocycles. The summed E-state index contributed by atoms with van der Waals surface area (Å²) in [6.45, 7) is 0. The molecule has 2 heteroatoms. The Morgan fingerprint density at radius 1 is 1.40 bits per heavy atom. The van der Waals surface area contributed by atoms with Crippen LogP contribution >= 0.6 is 0 Å². The van der Waals surface area contributed by atoms with Gasteiger partial charge in [0, 0.05) is 11.6 Å². The Balaban J connectivity index is 2.25. The van der Waals surface area contributed by atoms with Crippen molar-refractivity contribution in [3.63, 3.8) is 0 Å². The van der Waals surface area contributed by atoms with E-state index in [1.807, 2.05) is 6.20 Å². The molecule has 0 aliphatic heterocycles. The molecule has 1 saturated carbocycles. The maximum atomic E-state index is 4.06. The second kappa shape index (κ2) is 1.44. The minimum Gasteiger partial charge on any atom is -0.282 e. The summed E-state index contributed by atoms with van der Waals surface area (Å²) < 4.78 is 0. The third kappa shape index (κ3) is 0.405. The minimum atomic E-state index is 0.836. The first-order chi connectivity index (χ1) is 4.95. The molecule has 1 aromatic rings. The molecule has 2 nitrogen and oxygen atoms in total. The number of H-pyrrole nitrogens is 1. The quantitative estimate of drug-likeness (QED) is 0.575. The van der Waals surface area contributed by atoms with Gasteiger partial charge in [-0.2, -0.15) is 5.10 Å². The van der Waals surface area contributed by atoms with E-state index in [0.29, 0.717) is 0 Å². The Morgan fingerprint density at radius 2 is 2.30 bits per heavy atom. The van der Waals surface area contributed by atoms with E-state index < -0.39 is 0 Å². The van der Waals surface area contributed by atoms with Gasteiger partial charge in [0.05, 0.1) is 6.20 Å². The van der Waals surface area contributed by atoms with Crippen LogP contribution in [0.3, 0.4) is 0 Å². The van der Waals surface area contributed by atoms with Gasteiger partial charge >= 0.3 is 0 Å². The lowest BCUT2D eigenvalue weighted by atomic mass is 9.99. The zero-order valence-electron chi connectivity index (χ0n) is 5.80. The van der Waals surface area contributed by atoms with Crippen LogP contribution in [0.4, 0.5) is 0 Å². The average Bonchev–Trinajstić information content (AvgIpc) is 2.60. The highest BCUT2D eigenvalue weighted by Crippen LogP contribution is 2.51. The van der Waals surface area contributed by atoms with Crippen LogP contribution in [0.15, 0.2) is 6.20 Å². The van der Waals surface area contributed by atoms with Crippen LogP contribution in [0, 0.1) is 0 Å². The molecule has 2 aliphatic carbocycles. The lowest BCUT2D eigenvalue weighted by Gasteiger charge is -2.07. The van der Waals surface area contributed by atoms with Gasteiger partial charge in [-0.05, 0) is 30.7 Å². The number of fused-ring (bicyclic) bond motifs is 5. The zero-order valence-corrected chi connectivity index (χ0v) is 5.80. The van der Waals surface area contributed by atoms with E-state index >= 15 is 0 Å². The van der Waals surface area contributed by atoms with E-state index in [4.69, 9.17) is 0 Å². The van der Waals surface area contributed by atoms with E-state index in [-0.39, 0.29) is 0 Å². The summed E-state index contributed by atoms with van der Waals surface area (Å²) in [4.78, 5) is 0. The lowest BCUT2D eigenvalue weighted by Crippen LogP contribution is -1.94. The molecule has 1 aromatic heterocycles. The van der Waals surface area contributed by atoms with Crippen molar-refractivity contribution in [1.29, 1.82) is 0 Å². The Hall–Kier alpha value is -0.790. The largest absolute Gasteiger partial charge is 0.282 e. The summed E-state index contributed by atoms with van der Waals surface area (Å²) in [5, 5.41) is 7.16. The summed E-state index contributed by atoms with van der Waals surface area (Å²) in [7, 11) is 0. The summed E-state index contributed by atoms with van der Waals surface area (Å²) in [5.74, 6) is 1.70. The normalized spacial score (nSPS) is 34.8. The van der Waals surface area contributed by atoms with Crippen LogP contribution in [0.1, 0.15) is 42.4 Å². The van der Waals surface area contributed by atoms with Crippen molar-refractivity contribution in [2.45, 2.75) is 31.1 Å². The lowest BCUT2D eigenvalue weighted by molar-refractivity contribution is 0.700. The number of nitrogens with one attached hydrogen (secondary N) is 1. The van der Waals surface area contributed by atoms with Gasteiger partial charge in [0.25, 0.3) is 0 Å². The van der Waals surface area contributed by atoms with Crippen molar-refractivity contribution >= 4 is 0 Å². The molecule has 2 atom stereocenters. The monoisotopic (exact) mass is 134 g/mol. The molecule has 1 heterocycles. The molecule has 52 valence electrons. The Morgan fingerprint density at radius 3 is 3.20 bits per heavy atom. The fourth-order valence-corrected chi connectivity index (χ4v) is 2.48. The summed E-state index contributed by atoms with van der Waals surface area (Å²) >= 11 is 0. The minimum absolute atomic E-state index is 0.836. The van der Waals surface area contributed by atoms with Crippen LogP contribution in [0.25, 0.3) is 0 Å². The van der Waals surface area contributed by atoms with Gasteiger partial charge in [-0.3, -0.25) is 5.10 Å². The molecule has 1 fully saturated rings. The van der Waals surface area contributed by atoms with Crippen LogP contribution in [-0.2, 0) is 0 Å². The SMILES string of the molecule is c1n[nH]c2c1[C@H]1CC[C@H]2C1. The average molecular weight is 134 g/mol. The summed E-state index contributed by atoms with van der Waals surface area (Å²) in [6, 6.07) is 0. The molecule has 2 aliphatic rings. The zero-order chi connectivity index (χ0) is 6.55. The van der Waals surface area contributed by atoms with Gasteiger partial charge < -0.3 is 0 Å². The highest BCUT2D eigenvalue weighted by Gasteiger charge is 2.38. The molecule has 2 bridgehead atoms. The number of hydrogen-bond donors (Lipinski definition) is 1. The van der Waals surface area contributed by atoms with E-state index in [2.05, 4.69) is 10.2 Å². The van der Waals surface area contributed by atoms with Crippen molar-refractivity contribution in [3.05, 3.63) is 17.5 Å². The number of hydrogen-bond acceptors (Lipinski definition) is 1. The van der Waals surface area contributed by atoms with Gasteiger partial charge in [0.1, 0.15) is 0 Å². The maximum absolute atomic E-state index is 4.06. The van der Waals surface area contributed by atoms with Gasteiger partial charge in [0.15, 0.2) is 0 Å². The molecule has 0 radical (unpaired) electrons. The Labute approximate surface area is 59.6 Å². The van der Waals surface area contributed by atoms with Gasteiger partial charge in [-0.25, -0.2) is 0 Å². The first kappa shape index (κ1) is 4.94. The molecule has 0 amide bonds. The van der Waals surface area contributed by atoms with Crippen molar-refractivity contribution in [3.8, 4) is 0 Å². The van der Waals surface area contributed by atoms with E-state index in [9.17, 15) is 0 Å². The number of aromatic amines is 1. The first-order valence-corrected chi connectivity index (χ1v) is 3.98. The summed E-state index contributed by atoms with van der Waals surface area (Å²) in [6.07, 6.45) is 6.19. The van der Waals surface area contributed by atoms with E-state index in [1.165, 1.54) is 30.5 Å². The van der Waals surface area contributed by atoms with Crippen LogP contribution in [-0.4, -0.2) is 10.2 Å². The van der Waals surface area contributed by atoms with Crippen molar-refractivity contribution in [2.75, 3.05) is 0 Å². The van der Waals surface area contributed by atoms with Crippen molar-refractivity contribution in [1.82, 2.24) is 10.2 Å².